The molecular formula is C11H14N2. The lowest BCUT2D eigenvalue weighted by atomic mass is 9.99. The van der Waals surface area contributed by atoms with Crippen LogP contribution in [0.25, 0.3) is 0 Å². The highest BCUT2D eigenvalue weighted by Crippen LogP contribution is 2.14. The number of rotatable bonds is 2. The van der Waals surface area contributed by atoms with Crippen LogP contribution >= 0.6 is 0 Å². The zero-order valence-electron chi connectivity index (χ0n) is 8.02. The van der Waals surface area contributed by atoms with Crippen LogP contribution in [0.4, 0.5) is 0 Å². The summed E-state index contributed by atoms with van der Waals surface area (Å²) in [5, 5.41) is 7.70. The van der Waals surface area contributed by atoms with Crippen LogP contribution in [0.2, 0.25) is 0 Å². The molecule has 0 spiro atoms. The number of nitrogens with two attached hydrogens (primary N) is 1. The molecule has 0 saturated heterocycles. The maximum Gasteiger partial charge on any atom is 0.0838 e. The minimum Gasteiger partial charge on any atom is -0.397 e. The van der Waals surface area contributed by atoms with Crippen LogP contribution in [-0.2, 0) is 0 Å². The van der Waals surface area contributed by atoms with E-state index in [4.69, 9.17) is 11.1 Å². The molecule has 0 aromatic heterocycles. The Morgan fingerprint density at radius 2 is 2.00 bits per heavy atom. The summed E-state index contributed by atoms with van der Waals surface area (Å²) in [5.74, 6) is 0. The molecule has 1 rings (SSSR count). The van der Waals surface area contributed by atoms with E-state index in [0.717, 1.165) is 11.1 Å². The topological polar surface area (TPSA) is 49.9 Å². The molecule has 1 aromatic rings. The Morgan fingerprint density at radius 1 is 1.38 bits per heavy atom. The zero-order chi connectivity index (χ0) is 10.0. The summed E-state index contributed by atoms with van der Waals surface area (Å²) in [4.78, 5) is 0. The first-order chi connectivity index (χ1) is 6.04. The fraction of sp³-hybridized carbons (Fsp3) is 0.182. The van der Waals surface area contributed by atoms with Gasteiger partial charge in [0, 0.05) is 5.56 Å². The van der Waals surface area contributed by atoms with E-state index >= 15 is 0 Å². The Hall–Kier alpha value is -1.57. The van der Waals surface area contributed by atoms with Gasteiger partial charge in [-0.15, -0.1) is 0 Å². The third kappa shape index (κ3) is 1.78. The van der Waals surface area contributed by atoms with E-state index in [2.05, 4.69) is 6.58 Å². The number of nitrogens with one attached hydrogen (secondary N) is 1. The molecule has 2 heteroatoms. The van der Waals surface area contributed by atoms with Crippen molar-refractivity contribution in [3.05, 3.63) is 47.2 Å². The zero-order valence-corrected chi connectivity index (χ0v) is 8.02. The fourth-order valence-electron chi connectivity index (χ4n) is 1.19. The summed E-state index contributed by atoms with van der Waals surface area (Å²) in [5.41, 5.74) is 9.24. The molecule has 3 N–H and O–H groups in total. The molecule has 2 nitrogen and oxygen atoms in total. The number of allylic oxidation sites excluding steroid dienone is 1. The van der Waals surface area contributed by atoms with E-state index in [1.54, 1.807) is 0 Å². The van der Waals surface area contributed by atoms with Gasteiger partial charge >= 0.3 is 0 Å². The minimum absolute atomic E-state index is 0.314. The molecule has 0 aliphatic rings. The third-order valence-corrected chi connectivity index (χ3v) is 2.20. The number of benzene rings is 1. The largest absolute Gasteiger partial charge is 0.397 e. The molecule has 0 bridgehead atoms. The average Bonchev–Trinajstić information content (AvgIpc) is 2.08. The Balaban J connectivity index is 3.23. The molecule has 0 unspecified atom stereocenters. The molecule has 68 valence electrons. The van der Waals surface area contributed by atoms with E-state index in [1.165, 1.54) is 5.56 Å². The van der Waals surface area contributed by atoms with E-state index in [0.29, 0.717) is 11.4 Å². The molecule has 0 fully saturated rings. The van der Waals surface area contributed by atoms with Crippen molar-refractivity contribution in [2.24, 2.45) is 5.73 Å². The summed E-state index contributed by atoms with van der Waals surface area (Å²) in [6.07, 6.45) is 0. The van der Waals surface area contributed by atoms with Crippen molar-refractivity contribution in [2.45, 2.75) is 13.8 Å². The van der Waals surface area contributed by atoms with Crippen molar-refractivity contribution in [1.29, 1.82) is 5.41 Å². The maximum atomic E-state index is 7.70. The minimum atomic E-state index is 0.314. The fourth-order valence-corrected chi connectivity index (χ4v) is 1.19. The smallest absolute Gasteiger partial charge is 0.0838 e. The predicted octanol–water partition coefficient (Wildman–Crippen LogP) is 2.14. The lowest BCUT2D eigenvalue weighted by molar-refractivity contribution is 1.30. The second-order valence-corrected chi connectivity index (χ2v) is 3.15. The quantitative estimate of drug-likeness (QED) is 0.663. The second kappa shape index (κ2) is 3.44. The Bertz CT molecular complexity index is 364. The monoisotopic (exact) mass is 174 g/mol. The number of hydrogen-bond donors (Lipinski definition) is 2. The van der Waals surface area contributed by atoms with Crippen LogP contribution in [0.1, 0.15) is 16.7 Å². The van der Waals surface area contributed by atoms with E-state index in [-0.39, 0.29) is 0 Å². The standard InChI is InChI=1S/C11H14N2/c1-7-5-4-6-10(8(7)2)11(13)9(3)12/h4-6,13H,3,12H2,1-2H3. The predicted molar refractivity (Wildman–Crippen MR) is 56.1 cm³/mol. The highest BCUT2D eigenvalue weighted by Gasteiger charge is 2.06. The Kier molecular flexibility index (Phi) is 2.52. The number of aryl methyl sites for hydroxylation is 1. The van der Waals surface area contributed by atoms with Crippen LogP contribution in [0, 0.1) is 19.3 Å². The second-order valence-electron chi connectivity index (χ2n) is 3.15. The van der Waals surface area contributed by atoms with Gasteiger partial charge in [-0.3, -0.25) is 5.41 Å². The molecule has 0 aliphatic heterocycles. The van der Waals surface area contributed by atoms with Gasteiger partial charge in [0.1, 0.15) is 0 Å². The molecule has 13 heavy (non-hydrogen) atoms. The number of hydrogen-bond acceptors (Lipinski definition) is 2. The summed E-state index contributed by atoms with van der Waals surface area (Å²) < 4.78 is 0. The van der Waals surface area contributed by atoms with Crippen molar-refractivity contribution in [1.82, 2.24) is 0 Å². The third-order valence-electron chi connectivity index (χ3n) is 2.20. The summed E-state index contributed by atoms with van der Waals surface area (Å²) >= 11 is 0. The van der Waals surface area contributed by atoms with Gasteiger partial charge in [0.15, 0.2) is 0 Å². The van der Waals surface area contributed by atoms with Crippen molar-refractivity contribution in [2.75, 3.05) is 0 Å². The Morgan fingerprint density at radius 3 is 2.54 bits per heavy atom. The van der Waals surface area contributed by atoms with Gasteiger partial charge in [0.05, 0.1) is 11.4 Å². The molecule has 0 amide bonds. The molecule has 0 heterocycles. The molecule has 0 aliphatic carbocycles. The van der Waals surface area contributed by atoms with Crippen LogP contribution in [0.3, 0.4) is 0 Å². The van der Waals surface area contributed by atoms with Crippen LogP contribution in [-0.4, -0.2) is 5.71 Å². The van der Waals surface area contributed by atoms with Gasteiger partial charge < -0.3 is 5.73 Å². The van der Waals surface area contributed by atoms with Crippen molar-refractivity contribution in [3.63, 3.8) is 0 Å². The van der Waals surface area contributed by atoms with Gasteiger partial charge in [0.2, 0.25) is 0 Å². The highest BCUT2D eigenvalue weighted by molar-refractivity contribution is 6.10. The van der Waals surface area contributed by atoms with Crippen LogP contribution < -0.4 is 5.73 Å². The van der Waals surface area contributed by atoms with Crippen LogP contribution in [0.15, 0.2) is 30.5 Å². The lowest BCUT2D eigenvalue weighted by Crippen LogP contribution is -2.11. The van der Waals surface area contributed by atoms with Gasteiger partial charge in [-0.2, -0.15) is 0 Å². The first kappa shape index (κ1) is 9.52. The summed E-state index contributed by atoms with van der Waals surface area (Å²) in [7, 11) is 0. The summed E-state index contributed by atoms with van der Waals surface area (Å²) in [6.45, 7) is 7.56. The average molecular weight is 174 g/mol. The van der Waals surface area contributed by atoms with Gasteiger partial charge in [-0.1, -0.05) is 24.8 Å². The van der Waals surface area contributed by atoms with Gasteiger partial charge in [-0.25, -0.2) is 0 Å². The molecular weight excluding hydrogens is 160 g/mol. The lowest BCUT2D eigenvalue weighted by Gasteiger charge is -2.08. The molecule has 1 aromatic carbocycles. The Labute approximate surface area is 78.6 Å². The summed E-state index contributed by atoms with van der Waals surface area (Å²) in [6, 6.07) is 5.84. The highest BCUT2D eigenvalue weighted by atomic mass is 14.6. The SMILES string of the molecule is C=C(N)C(=N)c1cccc(C)c1C. The first-order valence-electron chi connectivity index (χ1n) is 4.14. The van der Waals surface area contributed by atoms with Gasteiger partial charge in [0.25, 0.3) is 0 Å². The van der Waals surface area contributed by atoms with Crippen molar-refractivity contribution in [3.8, 4) is 0 Å². The normalized spacial score (nSPS) is 9.69. The van der Waals surface area contributed by atoms with E-state index in [9.17, 15) is 0 Å². The van der Waals surface area contributed by atoms with E-state index in [1.807, 2.05) is 32.0 Å². The molecule has 0 atom stereocenters. The van der Waals surface area contributed by atoms with Crippen molar-refractivity contribution >= 4 is 5.71 Å². The van der Waals surface area contributed by atoms with Gasteiger partial charge in [-0.05, 0) is 25.0 Å². The maximum absolute atomic E-state index is 7.70. The van der Waals surface area contributed by atoms with Crippen LogP contribution in [0.5, 0.6) is 0 Å². The van der Waals surface area contributed by atoms with Crippen molar-refractivity contribution < 1.29 is 0 Å². The molecule has 0 saturated carbocycles. The molecule has 0 radical (unpaired) electrons. The van der Waals surface area contributed by atoms with E-state index < -0.39 is 0 Å². The first-order valence-corrected chi connectivity index (χ1v) is 4.14.